The molecule has 1 aromatic rings. The van der Waals surface area contributed by atoms with Crippen LogP contribution in [0, 0.1) is 17.8 Å². The second-order valence-corrected chi connectivity index (χ2v) is 15.3. The van der Waals surface area contributed by atoms with E-state index in [9.17, 15) is 29.1 Å². The third kappa shape index (κ3) is 13.6. The normalized spacial score (nSPS) is 21.5. The topological polar surface area (TPSA) is 300 Å². The maximum absolute atomic E-state index is 14.2. The van der Waals surface area contributed by atoms with Crippen LogP contribution in [0.2, 0.25) is 0 Å². The van der Waals surface area contributed by atoms with Gasteiger partial charge in [-0.1, -0.05) is 44.2 Å². The number of phenols is 1. The Morgan fingerprint density at radius 3 is 1.98 bits per heavy atom. The number of benzene rings is 1. The van der Waals surface area contributed by atoms with Gasteiger partial charge in [0.05, 0.1) is 0 Å². The summed E-state index contributed by atoms with van der Waals surface area (Å²) in [5, 5.41) is 18.4. The largest absolute Gasteiger partial charge is 0.508 e. The highest BCUT2D eigenvalue weighted by molar-refractivity contribution is 5.96. The highest BCUT2D eigenvalue weighted by Crippen LogP contribution is 2.32. The van der Waals surface area contributed by atoms with Crippen LogP contribution in [0.25, 0.3) is 0 Å². The number of guanidine groups is 2. The number of unbranched alkanes of at least 4 members (excludes halogenated alkanes) is 1. The van der Waals surface area contributed by atoms with Crippen LogP contribution in [0.4, 0.5) is 0 Å². The van der Waals surface area contributed by atoms with Crippen molar-refractivity contribution in [3.63, 3.8) is 0 Å². The van der Waals surface area contributed by atoms with Gasteiger partial charge in [0, 0.05) is 32.0 Å². The lowest BCUT2D eigenvalue weighted by Crippen LogP contribution is -2.64. The van der Waals surface area contributed by atoms with Crippen LogP contribution >= 0.6 is 0 Å². The summed E-state index contributed by atoms with van der Waals surface area (Å²) in [6, 6.07) is 2.45. The molecule has 1 saturated heterocycles. The minimum absolute atomic E-state index is 0.0392. The number of rotatable bonds is 19. The monoisotopic (exact) mass is 767 g/mol. The molecule has 4 atom stereocenters. The molecule has 17 heteroatoms. The van der Waals surface area contributed by atoms with Gasteiger partial charge in [-0.05, 0) is 87.3 Å². The van der Waals surface area contributed by atoms with Gasteiger partial charge in [-0.3, -0.25) is 34.0 Å². The van der Waals surface area contributed by atoms with Crippen molar-refractivity contribution in [2.24, 2.45) is 56.4 Å². The molecule has 2 saturated carbocycles. The number of nitrogens with one attached hydrogen (secondary N) is 3. The van der Waals surface area contributed by atoms with Gasteiger partial charge in [0.1, 0.15) is 29.9 Å². The first kappa shape index (κ1) is 42.6. The Morgan fingerprint density at radius 1 is 0.727 bits per heavy atom. The van der Waals surface area contributed by atoms with Crippen LogP contribution in [-0.4, -0.2) is 95.3 Å². The summed E-state index contributed by atoms with van der Waals surface area (Å²) < 4.78 is 0. The number of likely N-dealkylation sites (tertiary alicyclic amines) is 1. The zero-order valence-electron chi connectivity index (χ0n) is 31.8. The van der Waals surface area contributed by atoms with Crippen LogP contribution in [0.1, 0.15) is 95.5 Å². The number of primary amides is 1. The minimum Gasteiger partial charge on any atom is -0.508 e. The Bertz CT molecular complexity index is 1510. The van der Waals surface area contributed by atoms with E-state index in [0.717, 1.165) is 44.9 Å². The molecular formula is C38H61N11O6. The van der Waals surface area contributed by atoms with Gasteiger partial charge in [-0.15, -0.1) is 0 Å². The van der Waals surface area contributed by atoms with Crippen molar-refractivity contribution in [2.45, 2.75) is 120 Å². The van der Waals surface area contributed by atoms with Crippen molar-refractivity contribution in [1.82, 2.24) is 20.9 Å². The van der Waals surface area contributed by atoms with E-state index in [2.05, 4.69) is 25.9 Å². The van der Waals surface area contributed by atoms with Crippen molar-refractivity contribution in [1.29, 1.82) is 0 Å². The van der Waals surface area contributed by atoms with Gasteiger partial charge in [0.2, 0.25) is 29.5 Å². The molecule has 14 N–H and O–H groups in total. The van der Waals surface area contributed by atoms with E-state index in [1.165, 1.54) is 17.0 Å². The molecular weight excluding hydrogens is 706 g/mol. The molecule has 3 fully saturated rings. The molecule has 0 radical (unpaired) electrons. The number of hydrogen-bond donors (Lipinski definition) is 9. The van der Waals surface area contributed by atoms with Crippen molar-refractivity contribution >= 4 is 41.5 Å². The summed E-state index contributed by atoms with van der Waals surface area (Å²) in [6.45, 7) is 1.22. The molecule has 0 unspecified atom stereocenters. The van der Waals surface area contributed by atoms with Gasteiger partial charge in [0.15, 0.2) is 11.9 Å². The molecule has 17 nitrogen and oxygen atoms in total. The summed E-state index contributed by atoms with van der Waals surface area (Å²) in [5.74, 6) is -1.92. The maximum Gasteiger partial charge on any atom is 0.245 e. The van der Waals surface area contributed by atoms with Crippen LogP contribution < -0.4 is 44.6 Å². The summed E-state index contributed by atoms with van der Waals surface area (Å²) in [4.78, 5) is 77.2. The third-order valence-electron chi connectivity index (χ3n) is 11.1. The Labute approximate surface area is 323 Å². The molecule has 1 aromatic carbocycles. The summed E-state index contributed by atoms with van der Waals surface area (Å²) >= 11 is 0. The van der Waals surface area contributed by atoms with Gasteiger partial charge in [0.25, 0.3) is 0 Å². The Hall–Kier alpha value is -5.09. The standard InChI is InChI=1S/C38H61N11O6/c39-32(51)28(8-4-5-18-44-37(40)41)46-34(53)29(20-24-11-15-27(50)16-12-24)47-35(54)31-17-19-49(31)36(55)30(21-23-6-2-1-3-7-23)48-33(52)26-13-9-25(10-14-26)22-45-38(42)43/h11-12,15-16,23,25-26,28-31,50H,1-10,13-14,17-22H2,(H2,39,51)(H,46,53)(H,47,54)(H,48,52)(H4,40,41,44)(H4,42,43,45)/t25?,26?,28-,29-,30-,31-/m0/s1. The van der Waals surface area contributed by atoms with E-state index in [1.807, 2.05) is 0 Å². The van der Waals surface area contributed by atoms with Crippen molar-refractivity contribution in [2.75, 3.05) is 19.6 Å². The molecule has 0 bridgehead atoms. The predicted molar refractivity (Wildman–Crippen MR) is 209 cm³/mol. The van der Waals surface area contributed by atoms with E-state index in [1.54, 1.807) is 12.1 Å². The first-order chi connectivity index (χ1) is 26.3. The second kappa shape index (κ2) is 21.1. The summed E-state index contributed by atoms with van der Waals surface area (Å²) in [6.07, 6.45) is 10.5. The first-order valence-corrected chi connectivity index (χ1v) is 19.7. The quantitative estimate of drug-likeness (QED) is 0.0514. The van der Waals surface area contributed by atoms with Crippen LogP contribution in [-0.2, 0) is 30.4 Å². The minimum atomic E-state index is -1.13. The smallest absolute Gasteiger partial charge is 0.245 e. The van der Waals surface area contributed by atoms with Crippen LogP contribution in [0.3, 0.4) is 0 Å². The number of nitrogens with zero attached hydrogens (tertiary/aromatic N) is 3. The number of hydrogen-bond acceptors (Lipinski definition) is 8. The number of amides is 5. The first-order valence-electron chi connectivity index (χ1n) is 19.7. The van der Waals surface area contributed by atoms with E-state index >= 15 is 0 Å². The molecule has 5 amide bonds. The van der Waals surface area contributed by atoms with Crippen molar-refractivity contribution in [3.8, 4) is 5.75 Å². The van der Waals surface area contributed by atoms with E-state index in [0.29, 0.717) is 69.6 Å². The number of carbonyl (C=O) groups excluding carboxylic acids is 5. The number of nitrogens with two attached hydrogens (primary N) is 5. The molecule has 304 valence electrons. The van der Waals surface area contributed by atoms with Gasteiger partial charge >= 0.3 is 0 Å². The molecule has 55 heavy (non-hydrogen) atoms. The maximum atomic E-state index is 14.2. The van der Waals surface area contributed by atoms with E-state index in [-0.39, 0.29) is 54.2 Å². The fourth-order valence-electron chi connectivity index (χ4n) is 7.80. The molecule has 0 aromatic heterocycles. The molecule has 1 aliphatic heterocycles. The molecule has 1 heterocycles. The van der Waals surface area contributed by atoms with Gasteiger partial charge in [-0.25, -0.2) is 0 Å². The molecule has 0 spiro atoms. The van der Waals surface area contributed by atoms with Gasteiger partial charge in [-0.2, -0.15) is 0 Å². The number of phenolic OH excluding ortho intramolecular Hbond substituents is 1. The van der Waals surface area contributed by atoms with Crippen LogP contribution in [0.5, 0.6) is 5.75 Å². The Kier molecular flexibility index (Phi) is 16.4. The highest BCUT2D eigenvalue weighted by atomic mass is 16.3. The SMILES string of the molecule is NC(=O)[C@H](CCCCN=C(N)N)NC(=O)[C@H](Cc1ccc(O)cc1)NC(=O)[C@@H]1CCN1C(=O)[C@H](CC1CCCCC1)NC(=O)C1CCC(CN=C(N)N)CC1. The van der Waals surface area contributed by atoms with Crippen LogP contribution in [0.15, 0.2) is 34.3 Å². The molecule has 4 rings (SSSR count). The third-order valence-corrected chi connectivity index (χ3v) is 11.1. The zero-order valence-corrected chi connectivity index (χ0v) is 31.8. The molecule has 2 aliphatic carbocycles. The summed E-state index contributed by atoms with van der Waals surface area (Å²) in [5.41, 5.74) is 28.0. The van der Waals surface area contributed by atoms with Crippen molar-refractivity contribution < 1.29 is 29.1 Å². The lowest BCUT2D eigenvalue weighted by Gasteiger charge is -2.43. The van der Waals surface area contributed by atoms with Crippen molar-refractivity contribution in [3.05, 3.63) is 29.8 Å². The number of aromatic hydroxyl groups is 1. The summed E-state index contributed by atoms with van der Waals surface area (Å²) in [7, 11) is 0. The highest BCUT2D eigenvalue weighted by Gasteiger charge is 2.43. The lowest BCUT2D eigenvalue weighted by molar-refractivity contribution is -0.151. The molecule has 3 aliphatic rings. The zero-order chi connectivity index (χ0) is 39.9. The lowest BCUT2D eigenvalue weighted by atomic mass is 9.81. The van der Waals surface area contributed by atoms with Gasteiger partial charge < -0.3 is 54.6 Å². The van der Waals surface area contributed by atoms with E-state index < -0.39 is 41.9 Å². The Morgan fingerprint density at radius 2 is 1.38 bits per heavy atom. The van der Waals surface area contributed by atoms with E-state index in [4.69, 9.17) is 28.7 Å². The average Bonchev–Trinajstić information content (AvgIpc) is 3.13. The number of carbonyl (C=O) groups is 5. The Balaban J connectivity index is 1.43. The number of aliphatic imine (C=N–C) groups is 2. The average molecular weight is 768 g/mol. The second-order valence-electron chi connectivity index (χ2n) is 15.3. The fourth-order valence-corrected chi connectivity index (χ4v) is 7.80. The fraction of sp³-hybridized carbons (Fsp3) is 0.658. The predicted octanol–water partition coefficient (Wildman–Crippen LogP) is -0.0308.